The van der Waals surface area contributed by atoms with Crippen LogP contribution in [0.15, 0.2) is 12.2 Å². The van der Waals surface area contributed by atoms with Crippen LogP contribution in [-0.4, -0.2) is 80.6 Å². The Morgan fingerprint density at radius 2 is 0.704 bits per heavy atom. The number of carboxylic acid groups (broad SMARTS) is 1. The van der Waals surface area contributed by atoms with Crippen LogP contribution in [0.1, 0.15) is 322 Å². The van der Waals surface area contributed by atoms with E-state index in [-0.39, 0.29) is 36.2 Å². The number of nitrogens with zero attached hydrogens (tertiary/aromatic N) is 1. The summed E-state index contributed by atoms with van der Waals surface area (Å²) in [6.45, 7) is 4.81. The summed E-state index contributed by atoms with van der Waals surface area (Å²) in [4.78, 5) is 37.4. The largest absolute Gasteiger partial charge is 0.477 e. The van der Waals surface area contributed by atoms with Crippen molar-refractivity contribution in [1.29, 1.82) is 0 Å². The molecule has 8 heteroatoms. The average molecular weight is 1010 g/mol. The van der Waals surface area contributed by atoms with Gasteiger partial charge in [-0.2, -0.15) is 0 Å². The number of esters is 2. The van der Waals surface area contributed by atoms with Crippen LogP contribution >= 0.6 is 0 Å². The zero-order chi connectivity index (χ0) is 52.0. The molecule has 0 saturated heterocycles. The van der Waals surface area contributed by atoms with Gasteiger partial charge in [-0.1, -0.05) is 276 Å². The molecule has 71 heavy (non-hydrogen) atoms. The number of hydrogen-bond acceptors (Lipinski definition) is 6. The molecule has 0 aromatic heterocycles. The minimum absolute atomic E-state index is 0.0435. The van der Waals surface area contributed by atoms with E-state index < -0.39 is 18.1 Å². The highest BCUT2D eigenvalue weighted by Gasteiger charge is 2.31. The Balaban J connectivity index is 4.07. The van der Waals surface area contributed by atoms with E-state index in [1.165, 1.54) is 250 Å². The van der Waals surface area contributed by atoms with Crippen molar-refractivity contribution in [3.05, 3.63) is 12.2 Å². The van der Waals surface area contributed by atoms with Crippen molar-refractivity contribution in [2.24, 2.45) is 0 Å². The van der Waals surface area contributed by atoms with E-state index in [4.69, 9.17) is 14.2 Å². The van der Waals surface area contributed by atoms with Crippen molar-refractivity contribution in [3.8, 4) is 0 Å². The predicted octanol–water partition coefficient (Wildman–Crippen LogP) is 18.9. The molecule has 0 fully saturated rings. The Hall–Kier alpha value is -1.93. The lowest BCUT2D eigenvalue weighted by Gasteiger charge is -2.31. The number of allylic oxidation sites excluding steroid dienone is 2. The Morgan fingerprint density at radius 3 is 1.01 bits per heavy atom. The number of carbonyl (C=O) groups excluding carboxylic acids is 2. The fourth-order valence-corrected chi connectivity index (χ4v) is 9.86. The first kappa shape index (κ1) is 69.1. The summed E-state index contributed by atoms with van der Waals surface area (Å²) in [7, 11) is 5.56. The SMILES string of the molecule is CCCCCCCCCC/C=C\CCCCCCCCCCCCCC(=O)OC(COCCC(C(=O)O)[N+](C)(C)C)COC(=O)CCCCCCCCCCCCCCCCCCCCCCCCCC. The van der Waals surface area contributed by atoms with Gasteiger partial charge in [0.05, 0.1) is 34.4 Å². The summed E-state index contributed by atoms with van der Waals surface area (Å²) in [5, 5.41) is 9.69. The first-order valence-corrected chi connectivity index (χ1v) is 31.2. The van der Waals surface area contributed by atoms with Gasteiger partial charge in [0.25, 0.3) is 0 Å². The Labute approximate surface area is 441 Å². The smallest absolute Gasteiger partial charge is 0.362 e. The van der Waals surface area contributed by atoms with Gasteiger partial charge in [-0.15, -0.1) is 0 Å². The van der Waals surface area contributed by atoms with Gasteiger partial charge in [-0.25, -0.2) is 4.79 Å². The molecule has 0 aromatic rings. The van der Waals surface area contributed by atoms with Gasteiger partial charge in [0, 0.05) is 19.3 Å². The Morgan fingerprint density at radius 1 is 0.408 bits per heavy atom. The maximum absolute atomic E-state index is 12.9. The zero-order valence-corrected chi connectivity index (χ0v) is 48.2. The van der Waals surface area contributed by atoms with Gasteiger partial charge >= 0.3 is 17.9 Å². The molecule has 1 N–H and O–H groups in total. The summed E-state index contributed by atoms with van der Waals surface area (Å²) >= 11 is 0. The van der Waals surface area contributed by atoms with Crippen LogP contribution in [0.4, 0.5) is 0 Å². The molecule has 0 amide bonds. The van der Waals surface area contributed by atoms with Gasteiger partial charge in [0.2, 0.25) is 0 Å². The standard InChI is InChI=1S/C63H121NO7/c1-6-8-10-12-14-16-18-20-22-24-26-28-30-32-33-35-37-39-41-43-45-47-49-51-53-61(65)70-58-59(57-69-56-55-60(63(67)68)64(3,4)5)71-62(66)54-52-50-48-46-44-42-40-38-36-34-31-29-27-25-23-21-19-17-15-13-11-9-7-2/h25,27,59-60H,6-24,26,28-58H2,1-5H3/p+1/b27-25-. The molecule has 2 atom stereocenters. The summed E-state index contributed by atoms with van der Waals surface area (Å²) in [6.07, 6.45) is 64.3. The average Bonchev–Trinajstić information content (AvgIpc) is 3.34. The highest BCUT2D eigenvalue weighted by atomic mass is 16.6. The van der Waals surface area contributed by atoms with Gasteiger partial charge in [-0.05, 0) is 38.5 Å². The number of unbranched alkanes of at least 4 members (excludes halogenated alkanes) is 42. The molecule has 2 unspecified atom stereocenters. The Kier molecular flexibility index (Phi) is 52.9. The van der Waals surface area contributed by atoms with Gasteiger partial charge < -0.3 is 23.8 Å². The molecule has 0 heterocycles. The first-order valence-electron chi connectivity index (χ1n) is 31.2. The van der Waals surface area contributed by atoms with Crippen molar-refractivity contribution in [2.75, 3.05) is 41.0 Å². The third-order valence-corrected chi connectivity index (χ3v) is 14.7. The monoisotopic (exact) mass is 1000 g/mol. The molecule has 0 rings (SSSR count). The van der Waals surface area contributed by atoms with Crippen molar-refractivity contribution < 1.29 is 38.2 Å². The van der Waals surface area contributed by atoms with Crippen molar-refractivity contribution in [2.45, 2.75) is 334 Å². The summed E-state index contributed by atoms with van der Waals surface area (Å²) in [5.41, 5.74) is 0. The van der Waals surface area contributed by atoms with E-state index in [1.807, 2.05) is 21.1 Å². The topological polar surface area (TPSA) is 99.1 Å². The van der Waals surface area contributed by atoms with E-state index in [0.29, 0.717) is 19.3 Å². The number of quaternary nitrogens is 1. The molecular formula is C63H122NO7+. The maximum Gasteiger partial charge on any atom is 0.362 e. The quantitative estimate of drug-likeness (QED) is 0.0280. The van der Waals surface area contributed by atoms with Crippen LogP contribution in [0.5, 0.6) is 0 Å². The lowest BCUT2D eigenvalue weighted by Crippen LogP contribution is -2.50. The third-order valence-electron chi connectivity index (χ3n) is 14.7. The summed E-state index contributed by atoms with van der Waals surface area (Å²) in [6, 6.07) is -0.612. The number of hydrogen-bond donors (Lipinski definition) is 1. The number of aliphatic carboxylic acids is 1. The van der Waals surface area contributed by atoms with Crippen LogP contribution in [-0.2, 0) is 28.6 Å². The van der Waals surface area contributed by atoms with Crippen molar-refractivity contribution in [3.63, 3.8) is 0 Å². The normalized spacial score (nSPS) is 12.7. The highest BCUT2D eigenvalue weighted by Crippen LogP contribution is 2.18. The zero-order valence-electron chi connectivity index (χ0n) is 48.2. The van der Waals surface area contributed by atoms with Crippen molar-refractivity contribution >= 4 is 17.9 Å². The van der Waals surface area contributed by atoms with E-state index in [1.54, 1.807) is 0 Å². The minimum atomic E-state index is -0.868. The Bertz CT molecular complexity index is 1170. The molecule has 0 radical (unpaired) electrons. The van der Waals surface area contributed by atoms with Crippen LogP contribution in [0.2, 0.25) is 0 Å². The molecule has 0 bridgehead atoms. The third kappa shape index (κ3) is 52.7. The van der Waals surface area contributed by atoms with Gasteiger partial charge in [0.15, 0.2) is 12.1 Å². The van der Waals surface area contributed by atoms with E-state index in [9.17, 15) is 19.5 Å². The van der Waals surface area contributed by atoms with E-state index in [0.717, 1.165) is 38.5 Å². The fourth-order valence-electron chi connectivity index (χ4n) is 9.86. The molecular weight excluding hydrogens is 883 g/mol. The molecule has 0 aliphatic rings. The molecule has 8 nitrogen and oxygen atoms in total. The highest BCUT2D eigenvalue weighted by molar-refractivity contribution is 5.72. The second-order valence-electron chi connectivity index (χ2n) is 22.7. The van der Waals surface area contributed by atoms with Gasteiger partial charge in [0.1, 0.15) is 6.61 Å². The number of rotatable bonds is 58. The van der Waals surface area contributed by atoms with Crippen LogP contribution < -0.4 is 0 Å². The molecule has 0 aromatic carbocycles. The summed E-state index contributed by atoms with van der Waals surface area (Å²) < 4.78 is 17.5. The minimum Gasteiger partial charge on any atom is -0.477 e. The molecule has 0 aliphatic heterocycles. The predicted molar refractivity (Wildman–Crippen MR) is 303 cm³/mol. The molecule has 0 spiro atoms. The maximum atomic E-state index is 12.9. The van der Waals surface area contributed by atoms with E-state index in [2.05, 4.69) is 26.0 Å². The van der Waals surface area contributed by atoms with Crippen LogP contribution in [0, 0.1) is 0 Å². The second-order valence-corrected chi connectivity index (χ2v) is 22.7. The van der Waals surface area contributed by atoms with E-state index >= 15 is 0 Å². The molecule has 420 valence electrons. The number of carbonyl (C=O) groups is 3. The van der Waals surface area contributed by atoms with Crippen LogP contribution in [0.25, 0.3) is 0 Å². The number of likely N-dealkylation sites (N-methyl/N-ethyl adjacent to an activating group) is 1. The lowest BCUT2D eigenvalue weighted by molar-refractivity contribution is -0.887. The first-order chi connectivity index (χ1) is 34.6. The number of carboxylic acids is 1. The fraction of sp³-hybridized carbons (Fsp3) is 0.921. The summed E-state index contributed by atoms with van der Waals surface area (Å²) in [5.74, 6) is -1.44. The van der Waals surface area contributed by atoms with Crippen molar-refractivity contribution in [1.82, 2.24) is 0 Å². The molecule has 0 aliphatic carbocycles. The van der Waals surface area contributed by atoms with Crippen LogP contribution in [0.3, 0.4) is 0 Å². The van der Waals surface area contributed by atoms with Gasteiger partial charge in [-0.3, -0.25) is 9.59 Å². The lowest BCUT2D eigenvalue weighted by atomic mass is 10.0. The number of ether oxygens (including phenoxy) is 3. The molecule has 0 saturated carbocycles. The second kappa shape index (κ2) is 54.3.